The summed E-state index contributed by atoms with van der Waals surface area (Å²) in [5, 5.41) is 17.5. The Balaban J connectivity index is 2.06. The van der Waals surface area contributed by atoms with Crippen molar-refractivity contribution >= 4 is 11.8 Å². The van der Waals surface area contributed by atoms with Crippen LogP contribution in [0.1, 0.15) is 11.4 Å². The topological polar surface area (TPSA) is 54.5 Å². The van der Waals surface area contributed by atoms with Crippen LogP contribution in [-0.4, -0.2) is 26.3 Å². The maximum absolute atomic E-state index is 8.95. The average Bonchev–Trinajstić information content (AvgIpc) is 2.68. The largest absolute Gasteiger partial charge is 0.310 e. The normalized spacial score (nSPS) is 14.6. The lowest BCUT2D eigenvalue weighted by atomic mass is 10.1. The molecule has 0 bridgehead atoms. The van der Waals surface area contributed by atoms with Gasteiger partial charge in [0, 0.05) is 30.0 Å². The van der Waals surface area contributed by atoms with Crippen LogP contribution in [0.25, 0.3) is 11.4 Å². The zero-order chi connectivity index (χ0) is 12.4. The van der Waals surface area contributed by atoms with E-state index in [1.807, 2.05) is 30.0 Å². The predicted octanol–water partition coefficient (Wildman–Crippen LogP) is 2.11. The van der Waals surface area contributed by atoms with Gasteiger partial charge in [-0.25, -0.2) is 0 Å². The van der Waals surface area contributed by atoms with Gasteiger partial charge in [0.2, 0.25) is 0 Å². The first-order valence-electron chi connectivity index (χ1n) is 5.89. The van der Waals surface area contributed by atoms with Gasteiger partial charge in [-0.15, -0.1) is 10.2 Å². The summed E-state index contributed by atoms with van der Waals surface area (Å²) in [5.41, 5.74) is 1.63. The summed E-state index contributed by atoms with van der Waals surface area (Å²) in [6.07, 6.45) is 0.968. The van der Waals surface area contributed by atoms with E-state index >= 15 is 0 Å². The van der Waals surface area contributed by atoms with Crippen LogP contribution < -0.4 is 0 Å². The van der Waals surface area contributed by atoms with E-state index in [0.717, 1.165) is 41.7 Å². The molecule has 18 heavy (non-hydrogen) atoms. The van der Waals surface area contributed by atoms with Crippen molar-refractivity contribution in [1.82, 2.24) is 14.8 Å². The molecular formula is C13H12N4S. The second kappa shape index (κ2) is 4.83. The van der Waals surface area contributed by atoms with Gasteiger partial charge in [-0.3, -0.25) is 0 Å². The lowest BCUT2D eigenvalue weighted by molar-refractivity contribution is 0.731. The van der Waals surface area contributed by atoms with E-state index in [9.17, 15) is 0 Å². The van der Waals surface area contributed by atoms with Crippen LogP contribution in [0.15, 0.2) is 24.3 Å². The molecule has 0 N–H and O–H groups in total. The maximum atomic E-state index is 8.95. The van der Waals surface area contributed by atoms with E-state index in [1.165, 1.54) is 0 Å². The quantitative estimate of drug-likeness (QED) is 0.784. The first-order chi connectivity index (χ1) is 8.88. The standard InChI is InChI=1S/C13H12N4S/c14-9-10-2-1-3-11(8-10)13-16-15-12-4-6-18-7-5-17(12)13/h1-3,8H,4-7H2. The minimum absolute atomic E-state index is 0.660. The summed E-state index contributed by atoms with van der Waals surface area (Å²) in [7, 11) is 0. The highest BCUT2D eigenvalue weighted by Crippen LogP contribution is 2.22. The Bertz CT molecular complexity index is 612. The van der Waals surface area contributed by atoms with Crippen molar-refractivity contribution in [1.29, 1.82) is 5.26 Å². The Morgan fingerprint density at radius 2 is 2.22 bits per heavy atom. The highest BCUT2D eigenvalue weighted by molar-refractivity contribution is 7.99. The van der Waals surface area contributed by atoms with Crippen molar-refractivity contribution in [3.05, 3.63) is 35.7 Å². The maximum Gasteiger partial charge on any atom is 0.164 e. The number of fused-ring (bicyclic) bond motifs is 1. The molecule has 2 heterocycles. The fraction of sp³-hybridized carbons (Fsp3) is 0.308. The molecule has 2 aromatic rings. The van der Waals surface area contributed by atoms with Crippen molar-refractivity contribution in [2.45, 2.75) is 13.0 Å². The molecule has 1 aliphatic heterocycles. The predicted molar refractivity (Wildman–Crippen MR) is 71.2 cm³/mol. The molecule has 1 aromatic heterocycles. The molecule has 4 nitrogen and oxygen atoms in total. The fourth-order valence-corrected chi connectivity index (χ4v) is 2.96. The SMILES string of the molecule is N#Cc1cccc(-c2nnc3n2CCSCC3)c1. The van der Waals surface area contributed by atoms with Crippen molar-refractivity contribution < 1.29 is 0 Å². The smallest absolute Gasteiger partial charge is 0.164 e. The first-order valence-corrected chi connectivity index (χ1v) is 7.04. The lowest BCUT2D eigenvalue weighted by Crippen LogP contribution is -2.04. The second-order valence-electron chi connectivity index (χ2n) is 4.15. The number of aromatic nitrogens is 3. The van der Waals surface area contributed by atoms with E-state index in [0.29, 0.717) is 5.56 Å². The summed E-state index contributed by atoms with van der Waals surface area (Å²) in [5.74, 6) is 4.13. The monoisotopic (exact) mass is 256 g/mol. The molecule has 0 spiro atoms. The number of hydrogen-bond donors (Lipinski definition) is 0. The zero-order valence-electron chi connectivity index (χ0n) is 9.83. The van der Waals surface area contributed by atoms with Gasteiger partial charge in [0.15, 0.2) is 5.82 Å². The van der Waals surface area contributed by atoms with Gasteiger partial charge in [0.25, 0.3) is 0 Å². The molecule has 0 radical (unpaired) electrons. The second-order valence-corrected chi connectivity index (χ2v) is 5.37. The van der Waals surface area contributed by atoms with Gasteiger partial charge < -0.3 is 4.57 Å². The Hall–Kier alpha value is -1.80. The Kier molecular flexibility index (Phi) is 3.03. The summed E-state index contributed by atoms with van der Waals surface area (Å²) >= 11 is 1.95. The summed E-state index contributed by atoms with van der Waals surface area (Å²) in [6, 6.07) is 9.71. The Morgan fingerprint density at radius 1 is 1.28 bits per heavy atom. The van der Waals surface area contributed by atoms with E-state index in [4.69, 9.17) is 5.26 Å². The van der Waals surface area contributed by atoms with E-state index in [1.54, 1.807) is 6.07 Å². The van der Waals surface area contributed by atoms with Crippen LogP contribution in [0.3, 0.4) is 0 Å². The average molecular weight is 256 g/mol. The molecule has 0 saturated carbocycles. The van der Waals surface area contributed by atoms with E-state index in [-0.39, 0.29) is 0 Å². The molecule has 0 unspecified atom stereocenters. The molecule has 1 aromatic carbocycles. The third-order valence-corrected chi connectivity index (χ3v) is 3.97. The minimum Gasteiger partial charge on any atom is -0.310 e. The third kappa shape index (κ3) is 2.00. The van der Waals surface area contributed by atoms with Gasteiger partial charge in [-0.05, 0) is 12.1 Å². The van der Waals surface area contributed by atoms with Gasteiger partial charge in [-0.2, -0.15) is 17.0 Å². The highest BCUT2D eigenvalue weighted by atomic mass is 32.2. The molecule has 0 fully saturated rings. The van der Waals surface area contributed by atoms with Crippen LogP contribution in [0.2, 0.25) is 0 Å². The Labute approximate surface area is 110 Å². The molecule has 0 amide bonds. The van der Waals surface area contributed by atoms with Crippen LogP contribution >= 0.6 is 11.8 Å². The summed E-state index contributed by atoms with van der Waals surface area (Å²) in [4.78, 5) is 0. The van der Waals surface area contributed by atoms with E-state index in [2.05, 4.69) is 20.8 Å². The van der Waals surface area contributed by atoms with E-state index < -0.39 is 0 Å². The summed E-state index contributed by atoms with van der Waals surface area (Å²) < 4.78 is 2.18. The fourth-order valence-electron chi connectivity index (χ4n) is 2.12. The van der Waals surface area contributed by atoms with Gasteiger partial charge in [0.1, 0.15) is 5.82 Å². The molecule has 0 aliphatic carbocycles. The van der Waals surface area contributed by atoms with Gasteiger partial charge in [0.05, 0.1) is 11.6 Å². The number of nitriles is 1. The molecular weight excluding hydrogens is 244 g/mol. The molecule has 0 atom stereocenters. The van der Waals surface area contributed by atoms with Crippen molar-refractivity contribution in [3.8, 4) is 17.5 Å². The highest BCUT2D eigenvalue weighted by Gasteiger charge is 2.16. The minimum atomic E-state index is 0.660. The number of aryl methyl sites for hydroxylation is 1. The van der Waals surface area contributed by atoms with Crippen LogP contribution in [0.5, 0.6) is 0 Å². The zero-order valence-corrected chi connectivity index (χ0v) is 10.7. The van der Waals surface area contributed by atoms with Crippen molar-refractivity contribution in [2.75, 3.05) is 11.5 Å². The number of hydrogen-bond acceptors (Lipinski definition) is 4. The first kappa shape index (κ1) is 11.3. The molecule has 3 rings (SSSR count). The third-order valence-electron chi connectivity index (χ3n) is 3.01. The number of benzene rings is 1. The summed E-state index contributed by atoms with van der Waals surface area (Å²) in [6.45, 7) is 0.944. The van der Waals surface area contributed by atoms with Crippen molar-refractivity contribution in [2.24, 2.45) is 0 Å². The molecule has 5 heteroatoms. The van der Waals surface area contributed by atoms with Gasteiger partial charge >= 0.3 is 0 Å². The Morgan fingerprint density at radius 3 is 3.11 bits per heavy atom. The number of nitrogens with zero attached hydrogens (tertiary/aromatic N) is 4. The molecule has 90 valence electrons. The van der Waals surface area contributed by atoms with Gasteiger partial charge in [-0.1, -0.05) is 12.1 Å². The van der Waals surface area contributed by atoms with Crippen LogP contribution in [0.4, 0.5) is 0 Å². The number of thioether (sulfide) groups is 1. The molecule has 1 aliphatic rings. The number of rotatable bonds is 1. The molecule has 0 saturated heterocycles. The van der Waals surface area contributed by atoms with Crippen LogP contribution in [0, 0.1) is 11.3 Å². The van der Waals surface area contributed by atoms with Crippen molar-refractivity contribution in [3.63, 3.8) is 0 Å². The lowest BCUT2D eigenvalue weighted by Gasteiger charge is -2.06. The van der Waals surface area contributed by atoms with Crippen LogP contribution in [-0.2, 0) is 13.0 Å².